The number of carbonyl (C=O) groups is 1. The molecule has 8 nitrogen and oxygen atoms in total. The number of benzene rings is 1. The second kappa shape index (κ2) is 8.90. The third-order valence-electron chi connectivity index (χ3n) is 4.91. The molecule has 0 radical (unpaired) electrons. The maximum absolute atomic E-state index is 14.0. The van der Waals surface area contributed by atoms with Crippen LogP contribution < -0.4 is 10.1 Å². The number of amides is 1. The van der Waals surface area contributed by atoms with E-state index in [4.69, 9.17) is 20.6 Å². The minimum absolute atomic E-state index is 0.00187. The number of ether oxygens (including phenoxy) is 3. The van der Waals surface area contributed by atoms with E-state index >= 15 is 0 Å². The fraction of sp³-hybridized carbons (Fsp3) is 0.450. The van der Waals surface area contributed by atoms with E-state index in [1.807, 2.05) is 0 Å². The van der Waals surface area contributed by atoms with E-state index in [0.717, 1.165) is 0 Å². The number of hydrogen-bond acceptors (Lipinski definition) is 7. The molecule has 2 fully saturated rings. The Labute approximate surface area is 166 Å². The van der Waals surface area contributed by atoms with Crippen molar-refractivity contribution in [1.29, 1.82) is 0 Å². The van der Waals surface area contributed by atoms with Crippen molar-refractivity contribution in [1.82, 2.24) is 5.32 Å². The van der Waals surface area contributed by atoms with Crippen LogP contribution in [-0.4, -0.2) is 71.2 Å². The van der Waals surface area contributed by atoms with Gasteiger partial charge in [-0.1, -0.05) is 12.0 Å². The fourth-order valence-electron chi connectivity index (χ4n) is 3.38. The number of rotatable bonds is 5. The molecule has 0 spiro atoms. The van der Waals surface area contributed by atoms with Crippen LogP contribution in [0.15, 0.2) is 23.8 Å². The zero-order valence-electron chi connectivity index (χ0n) is 15.6. The van der Waals surface area contributed by atoms with Crippen LogP contribution in [-0.2, 0) is 14.3 Å². The average Bonchev–Trinajstić information content (AvgIpc) is 3.19. The first-order valence-electron chi connectivity index (χ1n) is 8.96. The van der Waals surface area contributed by atoms with E-state index in [-0.39, 0.29) is 24.7 Å². The Bertz CT molecular complexity index is 837. The highest BCUT2D eigenvalue weighted by molar-refractivity contribution is 5.97. The molecule has 156 valence electrons. The Kier molecular flexibility index (Phi) is 6.52. The Morgan fingerprint density at radius 1 is 1.31 bits per heavy atom. The first-order valence-corrected chi connectivity index (χ1v) is 8.96. The fourth-order valence-corrected chi connectivity index (χ4v) is 3.38. The smallest absolute Gasteiger partial charge is 0.247 e. The number of aliphatic hydroxyl groups excluding tert-OH is 3. The zero-order valence-corrected chi connectivity index (χ0v) is 15.6. The number of aliphatic hydroxyl groups is 3. The Morgan fingerprint density at radius 2 is 2.00 bits per heavy atom. The SMILES string of the molecule is C#CCOc1ccc(/C=C(\C)C(=O)N[C@@H]2[C@H](O)[C@@H](O)[C@H]3OCO[C@H]3[C@@H]2O)cc1F. The van der Waals surface area contributed by atoms with Crippen molar-refractivity contribution in [2.45, 2.75) is 43.5 Å². The minimum atomic E-state index is -1.45. The van der Waals surface area contributed by atoms with Gasteiger partial charge >= 0.3 is 0 Å². The summed E-state index contributed by atoms with van der Waals surface area (Å²) in [5.41, 5.74) is 0.599. The molecular formula is C20H22FNO7. The number of halogens is 1. The molecule has 6 atom stereocenters. The minimum Gasteiger partial charge on any atom is -0.478 e. The van der Waals surface area contributed by atoms with Crippen LogP contribution in [0.2, 0.25) is 0 Å². The Balaban J connectivity index is 1.70. The van der Waals surface area contributed by atoms with Crippen molar-refractivity contribution in [2.75, 3.05) is 13.4 Å². The van der Waals surface area contributed by atoms with Crippen LogP contribution in [0.5, 0.6) is 5.75 Å². The van der Waals surface area contributed by atoms with Gasteiger partial charge in [0, 0.05) is 5.57 Å². The normalized spacial score (nSPS) is 31.7. The number of carbonyl (C=O) groups excluding carboxylic acids is 1. The highest BCUT2D eigenvalue weighted by Crippen LogP contribution is 2.30. The van der Waals surface area contributed by atoms with Gasteiger partial charge in [0.2, 0.25) is 5.91 Å². The first-order chi connectivity index (χ1) is 13.8. The van der Waals surface area contributed by atoms with Crippen LogP contribution in [0.4, 0.5) is 4.39 Å². The molecular weight excluding hydrogens is 385 g/mol. The lowest BCUT2D eigenvalue weighted by atomic mass is 9.83. The van der Waals surface area contributed by atoms with Gasteiger partial charge in [-0.2, -0.15) is 0 Å². The van der Waals surface area contributed by atoms with E-state index in [0.29, 0.717) is 5.56 Å². The standard InChI is InChI=1S/C20H22FNO7/c1-3-6-27-13-5-4-11(8-12(13)21)7-10(2)20(26)22-14-15(23)17(25)19-18(16(14)24)28-9-29-19/h1,4-5,7-8,14-19,23-25H,6,9H2,2H3,(H,22,26)/b10-7+/t14-,15+,16-,17-,18+,19-/m1/s1. The molecule has 29 heavy (non-hydrogen) atoms. The number of nitrogens with one attached hydrogen (secondary N) is 1. The second-order valence-electron chi connectivity index (χ2n) is 6.86. The predicted molar refractivity (Wildman–Crippen MR) is 98.9 cm³/mol. The summed E-state index contributed by atoms with van der Waals surface area (Å²) in [7, 11) is 0. The summed E-state index contributed by atoms with van der Waals surface area (Å²) in [4.78, 5) is 12.5. The second-order valence-corrected chi connectivity index (χ2v) is 6.86. The predicted octanol–water partition coefficient (Wildman–Crippen LogP) is -0.436. The van der Waals surface area contributed by atoms with Crippen molar-refractivity contribution in [3.05, 3.63) is 35.2 Å². The summed E-state index contributed by atoms with van der Waals surface area (Å²) in [6.45, 7) is 1.30. The van der Waals surface area contributed by atoms with Crippen molar-refractivity contribution in [3.8, 4) is 18.1 Å². The third-order valence-corrected chi connectivity index (χ3v) is 4.91. The van der Waals surface area contributed by atoms with Gasteiger partial charge in [-0.05, 0) is 30.7 Å². The molecule has 9 heteroatoms. The molecule has 4 N–H and O–H groups in total. The molecule has 2 aliphatic rings. The van der Waals surface area contributed by atoms with Crippen molar-refractivity contribution < 1.29 is 38.7 Å². The number of terminal acetylenes is 1. The lowest BCUT2D eigenvalue weighted by Crippen LogP contribution is -2.67. The van der Waals surface area contributed by atoms with E-state index in [1.165, 1.54) is 25.1 Å². The summed E-state index contributed by atoms with van der Waals surface area (Å²) >= 11 is 0. The van der Waals surface area contributed by atoms with Crippen molar-refractivity contribution in [3.63, 3.8) is 0 Å². The van der Waals surface area contributed by atoms with Gasteiger partial charge in [-0.15, -0.1) is 6.42 Å². The molecule has 1 aromatic carbocycles. The summed E-state index contributed by atoms with van der Waals surface area (Å²) < 4.78 is 29.5. The average molecular weight is 407 g/mol. The lowest BCUT2D eigenvalue weighted by Gasteiger charge is -2.41. The summed E-state index contributed by atoms with van der Waals surface area (Å²) in [6.07, 6.45) is 0.708. The largest absolute Gasteiger partial charge is 0.478 e. The van der Waals surface area contributed by atoms with Crippen LogP contribution in [0.3, 0.4) is 0 Å². The van der Waals surface area contributed by atoms with Gasteiger partial charge in [-0.25, -0.2) is 4.39 Å². The van der Waals surface area contributed by atoms with Gasteiger partial charge in [0.15, 0.2) is 11.6 Å². The number of fused-ring (bicyclic) bond motifs is 1. The van der Waals surface area contributed by atoms with Gasteiger partial charge in [-0.3, -0.25) is 4.79 Å². The van der Waals surface area contributed by atoms with E-state index < -0.39 is 48.3 Å². The molecule has 1 saturated heterocycles. The molecule has 1 saturated carbocycles. The van der Waals surface area contributed by atoms with E-state index in [9.17, 15) is 24.5 Å². The van der Waals surface area contributed by atoms with Gasteiger partial charge < -0.3 is 34.8 Å². The van der Waals surface area contributed by atoms with Crippen LogP contribution in [0.25, 0.3) is 6.08 Å². The molecule has 0 unspecified atom stereocenters. The molecule has 1 heterocycles. The molecule has 1 aliphatic heterocycles. The molecule has 1 amide bonds. The Morgan fingerprint density at radius 3 is 2.66 bits per heavy atom. The molecule has 1 aliphatic carbocycles. The quantitative estimate of drug-likeness (QED) is 0.386. The van der Waals surface area contributed by atoms with Crippen molar-refractivity contribution >= 4 is 12.0 Å². The van der Waals surface area contributed by atoms with Crippen LogP contribution in [0.1, 0.15) is 12.5 Å². The molecule has 3 rings (SSSR count). The molecule has 1 aromatic rings. The summed E-state index contributed by atoms with van der Waals surface area (Å²) in [6, 6.07) is 2.96. The van der Waals surface area contributed by atoms with Crippen LogP contribution >= 0.6 is 0 Å². The van der Waals surface area contributed by atoms with E-state index in [2.05, 4.69) is 11.2 Å². The zero-order chi connectivity index (χ0) is 21.1. The molecule has 0 bridgehead atoms. The summed E-state index contributed by atoms with van der Waals surface area (Å²) in [5, 5.41) is 33.3. The molecule has 0 aromatic heterocycles. The Hall–Kier alpha value is -2.48. The van der Waals surface area contributed by atoms with Crippen LogP contribution in [0, 0.1) is 18.2 Å². The number of hydrogen-bond donors (Lipinski definition) is 4. The highest BCUT2D eigenvalue weighted by atomic mass is 19.1. The maximum atomic E-state index is 14.0. The topological polar surface area (TPSA) is 117 Å². The maximum Gasteiger partial charge on any atom is 0.247 e. The van der Waals surface area contributed by atoms with E-state index in [1.54, 1.807) is 6.07 Å². The van der Waals surface area contributed by atoms with Crippen molar-refractivity contribution in [2.24, 2.45) is 0 Å². The first kappa shape index (κ1) is 21.2. The summed E-state index contributed by atoms with van der Waals surface area (Å²) in [5.74, 6) is 1.000. The van der Waals surface area contributed by atoms with Gasteiger partial charge in [0.1, 0.15) is 43.9 Å². The monoisotopic (exact) mass is 407 g/mol. The third kappa shape index (κ3) is 4.42. The van der Waals surface area contributed by atoms with Gasteiger partial charge in [0.25, 0.3) is 0 Å². The van der Waals surface area contributed by atoms with Gasteiger partial charge in [0.05, 0.1) is 6.04 Å². The lowest BCUT2D eigenvalue weighted by molar-refractivity contribution is -0.155. The highest BCUT2D eigenvalue weighted by Gasteiger charge is 2.53.